The molecule has 0 saturated carbocycles. The van der Waals surface area contributed by atoms with E-state index in [1.54, 1.807) is 11.8 Å². The number of nitrogens with zero attached hydrogens (tertiary/aromatic N) is 5. The molecule has 234 valence electrons. The van der Waals surface area contributed by atoms with Crippen LogP contribution in [0.5, 0.6) is 6.01 Å². The van der Waals surface area contributed by atoms with Gasteiger partial charge in [-0.1, -0.05) is 17.8 Å². The van der Waals surface area contributed by atoms with Crippen molar-refractivity contribution in [1.82, 2.24) is 20.2 Å². The molecule has 11 heteroatoms. The van der Waals surface area contributed by atoms with E-state index in [4.69, 9.17) is 25.2 Å². The highest BCUT2D eigenvalue weighted by molar-refractivity contribution is 8.04. The second kappa shape index (κ2) is 10.2. The maximum absolute atomic E-state index is 14.6. The molecule has 2 bridgehead atoms. The lowest BCUT2D eigenvalue weighted by Gasteiger charge is -2.54. The average molecular weight is 628 g/mol. The van der Waals surface area contributed by atoms with Gasteiger partial charge >= 0.3 is 6.01 Å². The first kappa shape index (κ1) is 28.1. The fourth-order valence-electron chi connectivity index (χ4n) is 9.33. The SMILES string of the molecule is CC1=CCC2SC(N)=C(C#N)C2=C1c1c2c(c3c(N4C5CNCC4C5)nc(OCC45CCCN4C[C@H](F)C5)nc3c1C)COC2. The number of fused-ring (bicyclic) bond motifs is 7. The van der Waals surface area contributed by atoms with E-state index < -0.39 is 6.17 Å². The smallest absolute Gasteiger partial charge is 0.319 e. The highest BCUT2D eigenvalue weighted by Gasteiger charge is 2.50. The van der Waals surface area contributed by atoms with Gasteiger partial charge in [0.15, 0.2) is 0 Å². The van der Waals surface area contributed by atoms with E-state index in [1.165, 1.54) is 0 Å². The molecule has 2 aromatic rings. The molecule has 1 aromatic carbocycles. The first-order valence-electron chi connectivity index (χ1n) is 16.3. The molecule has 0 amide bonds. The summed E-state index contributed by atoms with van der Waals surface area (Å²) >= 11 is 1.59. The van der Waals surface area contributed by atoms with E-state index in [-0.39, 0.29) is 10.8 Å². The Morgan fingerprint density at radius 2 is 2.07 bits per heavy atom. The number of halogens is 1. The van der Waals surface area contributed by atoms with Gasteiger partial charge < -0.3 is 25.4 Å². The lowest BCUT2D eigenvalue weighted by molar-refractivity contribution is 0.107. The van der Waals surface area contributed by atoms with Crippen molar-refractivity contribution in [3.05, 3.63) is 50.1 Å². The zero-order valence-electron chi connectivity index (χ0n) is 25.8. The topological polar surface area (TPSA) is 113 Å². The van der Waals surface area contributed by atoms with Crippen LogP contribution in [-0.4, -0.2) is 76.7 Å². The van der Waals surface area contributed by atoms with Gasteiger partial charge in [0.05, 0.1) is 34.9 Å². The third kappa shape index (κ3) is 4.01. The van der Waals surface area contributed by atoms with E-state index in [0.29, 0.717) is 61.5 Å². The Morgan fingerprint density at radius 3 is 2.87 bits per heavy atom. The first-order valence-corrected chi connectivity index (χ1v) is 17.2. The molecule has 4 saturated heterocycles. The maximum Gasteiger partial charge on any atom is 0.319 e. The summed E-state index contributed by atoms with van der Waals surface area (Å²) < 4.78 is 27.3. The number of thioether (sulfide) groups is 1. The van der Waals surface area contributed by atoms with E-state index in [9.17, 15) is 9.65 Å². The number of piperidine rings is 1. The first-order chi connectivity index (χ1) is 21.9. The summed E-state index contributed by atoms with van der Waals surface area (Å²) in [6.45, 7) is 8.90. The average Bonchev–Trinajstić information content (AvgIpc) is 3.79. The van der Waals surface area contributed by atoms with Gasteiger partial charge in [-0.2, -0.15) is 15.2 Å². The molecule has 7 heterocycles. The lowest BCUT2D eigenvalue weighted by atomic mass is 9.79. The molecule has 5 atom stereocenters. The molecule has 1 aliphatic carbocycles. The molecule has 0 radical (unpaired) electrons. The second-order valence-corrected chi connectivity index (χ2v) is 15.1. The molecule has 3 N–H and O–H groups in total. The lowest BCUT2D eigenvalue weighted by Crippen LogP contribution is -2.68. The number of hydrogen-bond donors (Lipinski definition) is 2. The number of aryl methyl sites for hydroxylation is 1. The Morgan fingerprint density at radius 1 is 1.24 bits per heavy atom. The van der Waals surface area contributed by atoms with Gasteiger partial charge in [0.1, 0.15) is 24.7 Å². The van der Waals surface area contributed by atoms with E-state index in [0.717, 1.165) is 101 Å². The number of hydrogen-bond acceptors (Lipinski definition) is 10. The predicted molar refractivity (Wildman–Crippen MR) is 172 cm³/mol. The van der Waals surface area contributed by atoms with Gasteiger partial charge in [0.25, 0.3) is 0 Å². The van der Waals surface area contributed by atoms with Gasteiger partial charge in [-0.3, -0.25) is 4.90 Å². The number of nitriles is 1. The molecule has 1 aromatic heterocycles. The number of benzene rings is 1. The van der Waals surface area contributed by atoms with Gasteiger partial charge in [-0.25, -0.2) is 4.39 Å². The number of allylic oxidation sites excluding steroid dienone is 4. The molecule has 4 fully saturated rings. The van der Waals surface area contributed by atoms with Crippen LogP contribution in [0.3, 0.4) is 0 Å². The van der Waals surface area contributed by atoms with Crippen molar-refractivity contribution in [2.45, 2.75) is 88.2 Å². The summed E-state index contributed by atoms with van der Waals surface area (Å²) in [4.78, 5) is 15.1. The number of nitrogens with one attached hydrogen (secondary N) is 1. The van der Waals surface area contributed by atoms with Crippen molar-refractivity contribution in [2.75, 3.05) is 37.7 Å². The molecule has 9 rings (SSSR count). The number of ether oxygens (including phenoxy) is 2. The minimum absolute atomic E-state index is 0.124. The van der Waals surface area contributed by atoms with Crippen molar-refractivity contribution >= 4 is 34.1 Å². The number of alkyl halides is 1. The number of rotatable bonds is 5. The van der Waals surface area contributed by atoms with Crippen molar-refractivity contribution in [3.63, 3.8) is 0 Å². The van der Waals surface area contributed by atoms with Gasteiger partial charge in [-0.15, -0.1) is 0 Å². The summed E-state index contributed by atoms with van der Waals surface area (Å²) in [5.41, 5.74) is 15.3. The highest BCUT2D eigenvalue weighted by atomic mass is 32.2. The Hall–Kier alpha value is -3.17. The third-order valence-corrected chi connectivity index (χ3v) is 12.6. The second-order valence-electron chi connectivity index (χ2n) is 13.8. The Balaban J connectivity index is 1.25. The van der Waals surface area contributed by atoms with E-state index in [2.05, 4.69) is 41.1 Å². The summed E-state index contributed by atoms with van der Waals surface area (Å²) in [7, 11) is 0. The number of piperazine rings is 1. The van der Waals surface area contributed by atoms with Crippen molar-refractivity contribution < 1.29 is 13.9 Å². The maximum atomic E-state index is 14.6. The van der Waals surface area contributed by atoms with Crippen molar-refractivity contribution in [3.8, 4) is 12.1 Å². The quantitative estimate of drug-likeness (QED) is 0.495. The predicted octanol–water partition coefficient (Wildman–Crippen LogP) is 4.39. The van der Waals surface area contributed by atoms with Crippen LogP contribution >= 0.6 is 11.8 Å². The highest BCUT2D eigenvalue weighted by Crippen LogP contribution is 2.52. The standard InChI is InChI=1S/C34H38FN7O2S/c1-17-4-5-25-28(22(10-36)31(37)45-25)26(17)27-18(2)30-29(24-15-43-14-23(24)27)32(42-20-8-21(42)12-38-11-20)40-33(39-30)44-16-34-6-3-7-41(34)13-19(35)9-34/h4,19-21,25,38H,3,5-9,11-16,37H2,1-2H3/t19-,20?,21?,25?,34?/m1/s1. The number of anilines is 1. The fraction of sp³-hybridized carbons (Fsp3) is 0.559. The van der Waals surface area contributed by atoms with Crippen LogP contribution < -0.4 is 20.7 Å². The van der Waals surface area contributed by atoms with Crippen LogP contribution in [-0.2, 0) is 18.0 Å². The van der Waals surface area contributed by atoms with Gasteiger partial charge in [-0.05, 0) is 85.0 Å². The molecule has 7 aliphatic rings. The zero-order chi connectivity index (χ0) is 30.6. The van der Waals surface area contributed by atoms with Crippen LogP contribution in [0.15, 0.2) is 27.8 Å². The third-order valence-electron chi connectivity index (χ3n) is 11.4. The largest absolute Gasteiger partial charge is 0.461 e. The minimum atomic E-state index is -0.817. The molecule has 4 unspecified atom stereocenters. The van der Waals surface area contributed by atoms with Crippen molar-refractivity contribution in [2.24, 2.45) is 5.73 Å². The van der Waals surface area contributed by atoms with Crippen LogP contribution in [0.25, 0.3) is 16.5 Å². The van der Waals surface area contributed by atoms with Crippen LogP contribution in [0.1, 0.15) is 61.3 Å². The van der Waals surface area contributed by atoms with Crippen LogP contribution in [0.4, 0.5) is 10.2 Å². The fourth-order valence-corrected chi connectivity index (χ4v) is 10.5. The molecular formula is C34H38FN7O2S. The summed E-state index contributed by atoms with van der Waals surface area (Å²) in [5, 5.41) is 15.5. The normalized spacial score (nSPS) is 32.0. The summed E-state index contributed by atoms with van der Waals surface area (Å²) in [6, 6.07) is 3.52. The van der Waals surface area contributed by atoms with Crippen LogP contribution in [0.2, 0.25) is 0 Å². The molecule has 0 spiro atoms. The number of aromatic nitrogens is 2. The zero-order valence-corrected chi connectivity index (χ0v) is 26.6. The molecule has 45 heavy (non-hydrogen) atoms. The van der Waals surface area contributed by atoms with E-state index in [1.807, 2.05) is 0 Å². The molecular weight excluding hydrogens is 589 g/mol. The van der Waals surface area contributed by atoms with Crippen molar-refractivity contribution in [1.29, 1.82) is 5.26 Å². The van der Waals surface area contributed by atoms with E-state index >= 15 is 0 Å². The summed E-state index contributed by atoms with van der Waals surface area (Å²) in [5.74, 6) is 0.925. The minimum Gasteiger partial charge on any atom is -0.461 e. The Kier molecular flexibility index (Phi) is 6.34. The number of nitrogens with two attached hydrogens (primary N) is 1. The van der Waals surface area contributed by atoms with Crippen LogP contribution in [0, 0.1) is 18.3 Å². The molecule has 6 aliphatic heterocycles. The Bertz CT molecular complexity index is 1780. The Labute approximate surface area is 266 Å². The van der Waals surface area contributed by atoms with Gasteiger partial charge in [0, 0.05) is 48.8 Å². The summed E-state index contributed by atoms with van der Waals surface area (Å²) in [6.07, 6.45) is 5.95. The monoisotopic (exact) mass is 627 g/mol. The van der Waals surface area contributed by atoms with Gasteiger partial charge in [0.2, 0.25) is 0 Å². The molecule has 9 nitrogen and oxygen atoms in total.